The zero-order valence-electron chi connectivity index (χ0n) is 13.1. The zero-order valence-corrected chi connectivity index (χ0v) is 14.6. The second kappa shape index (κ2) is 6.20. The molecule has 2 heterocycles. The summed E-state index contributed by atoms with van der Waals surface area (Å²) in [6.07, 6.45) is 4.71. The van der Waals surface area contributed by atoms with Crippen LogP contribution in [0.4, 0.5) is 0 Å². The normalized spacial score (nSPS) is 15.6. The van der Waals surface area contributed by atoms with Crippen molar-refractivity contribution in [1.82, 2.24) is 19.9 Å². The number of hydrogen-bond acceptors (Lipinski definition) is 5. The van der Waals surface area contributed by atoms with E-state index in [0.717, 1.165) is 30.4 Å². The zero-order chi connectivity index (χ0) is 16.0. The quantitative estimate of drug-likeness (QED) is 0.767. The first-order valence-corrected chi connectivity index (χ1v) is 7.87. The van der Waals surface area contributed by atoms with E-state index in [1.165, 1.54) is 0 Å². The molecule has 24 heavy (non-hydrogen) atoms. The average molecular weight is 366 g/mol. The minimum atomic E-state index is -0.450. The molecule has 2 aromatic heterocycles. The van der Waals surface area contributed by atoms with Crippen LogP contribution in [0.1, 0.15) is 25.1 Å². The van der Waals surface area contributed by atoms with Crippen molar-refractivity contribution in [1.29, 1.82) is 0 Å². The fourth-order valence-corrected chi connectivity index (χ4v) is 3.04. The number of halogens is 2. The highest BCUT2D eigenvalue weighted by molar-refractivity contribution is 6.33. The third-order valence-corrected chi connectivity index (χ3v) is 4.63. The van der Waals surface area contributed by atoms with Gasteiger partial charge >= 0.3 is 0 Å². The van der Waals surface area contributed by atoms with Crippen molar-refractivity contribution >= 4 is 24.0 Å². The SMILES string of the molecule is Cl.Cn1cc(-c2nc(C3(N)CCC3)no2)c(-c2ccccc2Cl)n1. The van der Waals surface area contributed by atoms with Crippen molar-refractivity contribution in [2.75, 3.05) is 0 Å². The number of nitrogens with zero attached hydrogens (tertiary/aromatic N) is 4. The molecule has 1 aromatic carbocycles. The molecule has 0 amide bonds. The number of nitrogens with two attached hydrogens (primary N) is 1. The van der Waals surface area contributed by atoms with E-state index in [1.807, 2.05) is 37.5 Å². The van der Waals surface area contributed by atoms with Crippen LogP contribution in [0.5, 0.6) is 0 Å². The van der Waals surface area contributed by atoms with Crippen molar-refractivity contribution in [3.05, 3.63) is 41.3 Å². The monoisotopic (exact) mass is 365 g/mol. The van der Waals surface area contributed by atoms with E-state index in [4.69, 9.17) is 21.9 Å². The Morgan fingerprint density at radius 2 is 2.00 bits per heavy atom. The number of aromatic nitrogens is 4. The van der Waals surface area contributed by atoms with Crippen molar-refractivity contribution in [3.63, 3.8) is 0 Å². The van der Waals surface area contributed by atoms with Gasteiger partial charge in [-0.25, -0.2) is 0 Å². The van der Waals surface area contributed by atoms with Crippen molar-refractivity contribution < 1.29 is 4.52 Å². The van der Waals surface area contributed by atoms with E-state index in [0.29, 0.717) is 22.4 Å². The second-order valence-electron chi connectivity index (χ2n) is 5.98. The number of aryl methyl sites for hydroxylation is 1. The Kier molecular flexibility index (Phi) is 4.38. The maximum absolute atomic E-state index is 6.30. The number of rotatable bonds is 3. The van der Waals surface area contributed by atoms with Gasteiger partial charge in [0.1, 0.15) is 5.69 Å². The van der Waals surface area contributed by atoms with Gasteiger partial charge in [-0.3, -0.25) is 4.68 Å². The van der Waals surface area contributed by atoms with Crippen LogP contribution in [-0.4, -0.2) is 19.9 Å². The lowest BCUT2D eigenvalue weighted by atomic mass is 9.77. The molecule has 2 N–H and O–H groups in total. The summed E-state index contributed by atoms with van der Waals surface area (Å²) in [6.45, 7) is 0. The van der Waals surface area contributed by atoms with Crippen molar-refractivity contribution in [2.45, 2.75) is 24.8 Å². The lowest BCUT2D eigenvalue weighted by Crippen LogP contribution is -2.44. The highest BCUT2D eigenvalue weighted by Crippen LogP contribution is 2.39. The van der Waals surface area contributed by atoms with E-state index in [2.05, 4.69) is 15.2 Å². The molecule has 1 saturated carbocycles. The van der Waals surface area contributed by atoms with Crippen LogP contribution in [0.3, 0.4) is 0 Å². The fraction of sp³-hybridized carbons (Fsp3) is 0.312. The Morgan fingerprint density at radius 1 is 1.25 bits per heavy atom. The van der Waals surface area contributed by atoms with Gasteiger partial charge in [-0.2, -0.15) is 10.1 Å². The van der Waals surface area contributed by atoms with Crippen molar-refractivity contribution in [2.24, 2.45) is 12.8 Å². The highest BCUT2D eigenvalue weighted by Gasteiger charge is 2.39. The Bertz CT molecular complexity index is 869. The summed E-state index contributed by atoms with van der Waals surface area (Å²) in [5, 5.41) is 9.19. The maximum Gasteiger partial charge on any atom is 0.261 e. The molecule has 1 fully saturated rings. The van der Waals surface area contributed by atoms with E-state index >= 15 is 0 Å². The van der Waals surface area contributed by atoms with E-state index in [9.17, 15) is 0 Å². The molecule has 4 rings (SSSR count). The minimum absolute atomic E-state index is 0. The predicted octanol–water partition coefficient (Wildman–Crippen LogP) is 3.55. The molecule has 1 aliphatic rings. The first-order valence-electron chi connectivity index (χ1n) is 7.49. The molecular weight excluding hydrogens is 349 g/mol. The molecule has 126 valence electrons. The van der Waals surface area contributed by atoms with Gasteiger partial charge in [0.05, 0.1) is 16.1 Å². The lowest BCUT2D eigenvalue weighted by Gasteiger charge is -2.34. The van der Waals surface area contributed by atoms with Gasteiger partial charge < -0.3 is 10.3 Å². The summed E-state index contributed by atoms with van der Waals surface area (Å²) in [6, 6.07) is 7.55. The molecule has 8 heteroatoms. The smallest absolute Gasteiger partial charge is 0.261 e. The molecular formula is C16H17Cl2N5O. The molecule has 0 saturated heterocycles. The molecule has 0 radical (unpaired) electrons. The van der Waals surface area contributed by atoms with Gasteiger partial charge in [0.2, 0.25) is 0 Å². The second-order valence-corrected chi connectivity index (χ2v) is 6.38. The lowest BCUT2D eigenvalue weighted by molar-refractivity contribution is 0.229. The third-order valence-electron chi connectivity index (χ3n) is 4.31. The molecule has 0 spiro atoms. The average Bonchev–Trinajstić information content (AvgIpc) is 3.12. The maximum atomic E-state index is 6.30. The van der Waals surface area contributed by atoms with Crippen LogP contribution in [-0.2, 0) is 12.6 Å². The first kappa shape index (κ1) is 17.0. The van der Waals surface area contributed by atoms with E-state index in [1.54, 1.807) is 4.68 Å². The van der Waals surface area contributed by atoms with Crippen LogP contribution >= 0.6 is 24.0 Å². The Morgan fingerprint density at radius 3 is 2.67 bits per heavy atom. The summed E-state index contributed by atoms with van der Waals surface area (Å²) in [7, 11) is 1.84. The molecule has 0 atom stereocenters. The first-order chi connectivity index (χ1) is 11.1. The summed E-state index contributed by atoms with van der Waals surface area (Å²) in [4.78, 5) is 4.50. The van der Waals surface area contributed by atoms with Crippen molar-refractivity contribution in [3.8, 4) is 22.7 Å². The molecule has 0 aliphatic heterocycles. The minimum Gasteiger partial charge on any atom is -0.334 e. The van der Waals surface area contributed by atoms with Crippen LogP contribution in [0.25, 0.3) is 22.7 Å². The Balaban J connectivity index is 0.00000169. The standard InChI is InChI=1S/C16H16ClN5O.ClH/c1-22-9-11(13(20-22)10-5-2-3-6-12(10)17)14-19-15(21-23-14)16(18)7-4-8-16;/h2-3,5-6,9H,4,7-8,18H2,1H3;1H. The molecule has 6 nitrogen and oxygen atoms in total. The summed E-state index contributed by atoms with van der Waals surface area (Å²) in [5.41, 5.74) is 8.11. The fourth-order valence-electron chi connectivity index (χ4n) is 2.81. The van der Waals surface area contributed by atoms with Gasteiger partial charge in [0.25, 0.3) is 5.89 Å². The van der Waals surface area contributed by atoms with Crippen LogP contribution in [0, 0.1) is 0 Å². The summed E-state index contributed by atoms with van der Waals surface area (Å²) in [5.74, 6) is 0.979. The van der Waals surface area contributed by atoms with Gasteiger partial charge in [0.15, 0.2) is 5.82 Å². The molecule has 1 aliphatic carbocycles. The van der Waals surface area contributed by atoms with E-state index in [-0.39, 0.29) is 12.4 Å². The van der Waals surface area contributed by atoms with Gasteiger partial charge in [-0.05, 0) is 25.3 Å². The van der Waals surface area contributed by atoms with Gasteiger partial charge in [-0.15, -0.1) is 12.4 Å². The third kappa shape index (κ3) is 2.70. The largest absolute Gasteiger partial charge is 0.334 e. The molecule has 0 bridgehead atoms. The number of hydrogen-bond donors (Lipinski definition) is 1. The predicted molar refractivity (Wildman–Crippen MR) is 93.9 cm³/mol. The van der Waals surface area contributed by atoms with Gasteiger partial charge in [0, 0.05) is 18.8 Å². The Hall–Kier alpha value is -1.89. The topological polar surface area (TPSA) is 82.8 Å². The summed E-state index contributed by atoms with van der Waals surface area (Å²) >= 11 is 6.30. The summed E-state index contributed by atoms with van der Waals surface area (Å²) < 4.78 is 7.16. The molecule has 3 aromatic rings. The Labute approximate surface area is 150 Å². The van der Waals surface area contributed by atoms with Crippen LogP contribution in [0.15, 0.2) is 35.0 Å². The van der Waals surface area contributed by atoms with Crippen LogP contribution < -0.4 is 5.73 Å². The van der Waals surface area contributed by atoms with E-state index < -0.39 is 5.54 Å². The molecule has 0 unspecified atom stereocenters. The van der Waals surface area contributed by atoms with Crippen LogP contribution in [0.2, 0.25) is 5.02 Å². The highest BCUT2D eigenvalue weighted by atomic mass is 35.5. The number of benzene rings is 1. The van der Waals surface area contributed by atoms with Gasteiger partial charge in [-0.1, -0.05) is 35.0 Å².